The third kappa shape index (κ3) is 3.75. The molecule has 2 aliphatic rings. The molecule has 0 radical (unpaired) electrons. The molecule has 0 bridgehead atoms. The van der Waals surface area contributed by atoms with Crippen molar-refractivity contribution in [2.75, 3.05) is 5.32 Å². The Balaban J connectivity index is 1.82. The van der Waals surface area contributed by atoms with Crippen molar-refractivity contribution in [2.45, 2.75) is 71.8 Å². The second kappa shape index (κ2) is 7.56. The summed E-state index contributed by atoms with van der Waals surface area (Å²) in [5.74, 6) is -1.29. The molecular weight excluding hydrogens is 381 g/mol. The van der Waals surface area contributed by atoms with Gasteiger partial charge in [-0.1, -0.05) is 33.1 Å². The minimum Gasteiger partial charge on any atom is -0.382 e. The highest BCUT2D eigenvalue weighted by molar-refractivity contribution is 6.01. The highest BCUT2D eigenvalue weighted by atomic mass is 19.1. The lowest BCUT2D eigenvalue weighted by atomic mass is 9.75. The average Bonchev–Trinajstić information content (AvgIpc) is 2.97. The van der Waals surface area contributed by atoms with Gasteiger partial charge in [0.1, 0.15) is 5.82 Å². The summed E-state index contributed by atoms with van der Waals surface area (Å²) in [6.07, 6.45) is 8.55. The maximum absolute atomic E-state index is 15.0. The fourth-order valence-corrected chi connectivity index (χ4v) is 5.07. The van der Waals surface area contributed by atoms with E-state index in [-0.39, 0.29) is 22.8 Å². The van der Waals surface area contributed by atoms with E-state index in [4.69, 9.17) is 5.73 Å². The summed E-state index contributed by atoms with van der Waals surface area (Å²) in [7, 11) is 0. The maximum atomic E-state index is 15.0. The molecule has 1 amide bonds. The van der Waals surface area contributed by atoms with Crippen LogP contribution in [0.5, 0.6) is 0 Å². The van der Waals surface area contributed by atoms with Gasteiger partial charge in [0.2, 0.25) is 0 Å². The highest BCUT2D eigenvalue weighted by Gasteiger charge is 2.35. The molecule has 1 aromatic heterocycles. The summed E-state index contributed by atoms with van der Waals surface area (Å²) in [6.45, 7) is 6.07. The van der Waals surface area contributed by atoms with E-state index in [0.29, 0.717) is 17.8 Å². The molecule has 0 aliphatic heterocycles. The van der Waals surface area contributed by atoms with Crippen LogP contribution in [0.3, 0.4) is 0 Å². The highest BCUT2D eigenvalue weighted by Crippen LogP contribution is 2.39. The van der Waals surface area contributed by atoms with Gasteiger partial charge < -0.3 is 15.6 Å². The minimum absolute atomic E-state index is 0.0986. The summed E-state index contributed by atoms with van der Waals surface area (Å²) in [4.78, 5) is 24.7. The van der Waals surface area contributed by atoms with Crippen LogP contribution in [0.2, 0.25) is 0 Å². The van der Waals surface area contributed by atoms with E-state index in [0.717, 1.165) is 48.9 Å². The summed E-state index contributed by atoms with van der Waals surface area (Å²) < 4.78 is 17.0. The first-order chi connectivity index (χ1) is 14.2. The molecule has 6 heteroatoms. The number of amides is 1. The predicted molar refractivity (Wildman–Crippen MR) is 116 cm³/mol. The summed E-state index contributed by atoms with van der Waals surface area (Å²) in [6, 6.07) is 3.34. The number of hydrogen-bond donors (Lipinski definition) is 2. The normalized spacial score (nSPS) is 18.9. The minimum atomic E-state index is -0.778. The SMILES string of the molecule is Cc1cn(-c2cc(F)c(C(N)=O)c(NC3CCCCC3)c2)c2c1C(=O)CC(C)(C)C2. The first-order valence-electron chi connectivity index (χ1n) is 10.8. The van der Waals surface area contributed by atoms with Crippen molar-refractivity contribution in [1.82, 2.24) is 4.57 Å². The van der Waals surface area contributed by atoms with E-state index in [1.807, 2.05) is 17.7 Å². The molecular formula is C24H30FN3O2. The summed E-state index contributed by atoms with van der Waals surface area (Å²) >= 11 is 0. The number of ketones is 1. The van der Waals surface area contributed by atoms with Crippen LogP contribution in [0.25, 0.3) is 5.69 Å². The van der Waals surface area contributed by atoms with Crippen molar-refractivity contribution < 1.29 is 14.0 Å². The topological polar surface area (TPSA) is 77.1 Å². The largest absolute Gasteiger partial charge is 0.382 e. The van der Waals surface area contributed by atoms with Gasteiger partial charge in [-0.05, 0) is 49.3 Å². The van der Waals surface area contributed by atoms with Gasteiger partial charge in [0.25, 0.3) is 5.91 Å². The molecule has 0 atom stereocenters. The third-order valence-corrected chi connectivity index (χ3v) is 6.42. The lowest BCUT2D eigenvalue weighted by Gasteiger charge is -2.30. The van der Waals surface area contributed by atoms with Gasteiger partial charge in [-0.15, -0.1) is 0 Å². The first kappa shape index (κ1) is 20.6. The van der Waals surface area contributed by atoms with Gasteiger partial charge in [0.15, 0.2) is 5.78 Å². The number of nitrogens with zero attached hydrogens (tertiary/aromatic N) is 1. The zero-order valence-electron chi connectivity index (χ0n) is 18.0. The third-order valence-electron chi connectivity index (χ3n) is 6.42. The lowest BCUT2D eigenvalue weighted by Crippen LogP contribution is -2.28. The summed E-state index contributed by atoms with van der Waals surface area (Å²) in [5.41, 5.74) is 8.84. The van der Waals surface area contributed by atoms with Crippen LogP contribution < -0.4 is 11.1 Å². The van der Waals surface area contributed by atoms with Crippen LogP contribution >= 0.6 is 0 Å². The monoisotopic (exact) mass is 411 g/mol. The number of nitrogens with two attached hydrogens (primary N) is 1. The Morgan fingerprint density at radius 2 is 1.90 bits per heavy atom. The van der Waals surface area contributed by atoms with Gasteiger partial charge in [0, 0.05) is 29.9 Å². The zero-order valence-corrected chi connectivity index (χ0v) is 18.0. The molecule has 1 fully saturated rings. The molecule has 160 valence electrons. The number of anilines is 1. The number of halogens is 1. The van der Waals surface area contributed by atoms with Crippen LogP contribution in [0.15, 0.2) is 18.3 Å². The fraction of sp³-hybridized carbons (Fsp3) is 0.500. The van der Waals surface area contributed by atoms with Crippen LogP contribution in [-0.4, -0.2) is 22.3 Å². The number of aromatic nitrogens is 1. The zero-order chi connectivity index (χ0) is 21.6. The van der Waals surface area contributed by atoms with Crippen LogP contribution in [-0.2, 0) is 6.42 Å². The quantitative estimate of drug-likeness (QED) is 0.749. The Bertz CT molecular complexity index is 1020. The number of Topliss-reactive ketones (excluding diaryl/α,β-unsaturated/α-hetero) is 1. The molecule has 1 saturated carbocycles. The van der Waals surface area contributed by atoms with E-state index in [2.05, 4.69) is 19.2 Å². The van der Waals surface area contributed by atoms with Gasteiger partial charge in [-0.2, -0.15) is 0 Å². The lowest BCUT2D eigenvalue weighted by molar-refractivity contribution is 0.0909. The fourth-order valence-electron chi connectivity index (χ4n) is 5.07. The Morgan fingerprint density at radius 1 is 1.20 bits per heavy atom. The number of rotatable bonds is 4. The second-order valence-corrected chi connectivity index (χ2v) is 9.64. The number of primary amides is 1. The number of carbonyl (C=O) groups excluding carboxylic acids is 2. The standard InChI is InChI=1S/C24H30FN3O2/c1-14-13-28(19-11-24(2,3)12-20(29)21(14)19)16-9-17(25)22(23(26)30)18(10-16)27-15-7-5-4-6-8-15/h9-10,13,15,27H,4-8,11-12H2,1-3H3,(H2,26,30). The average molecular weight is 412 g/mol. The van der Waals surface area contributed by atoms with E-state index >= 15 is 4.39 Å². The van der Waals surface area contributed by atoms with Gasteiger partial charge in [0.05, 0.1) is 16.9 Å². The second-order valence-electron chi connectivity index (χ2n) is 9.64. The smallest absolute Gasteiger partial charge is 0.253 e. The number of carbonyl (C=O) groups is 2. The molecule has 1 aromatic carbocycles. The van der Waals surface area contributed by atoms with Crippen molar-refractivity contribution >= 4 is 17.4 Å². The number of hydrogen-bond acceptors (Lipinski definition) is 3. The van der Waals surface area contributed by atoms with E-state index in [9.17, 15) is 9.59 Å². The maximum Gasteiger partial charge on any atom is 0.253 e. The van der Waals surface area contributed by atoms with Crippen molar-refractivity contribution in [2.24, 2.45) is 11.1 Å². The van der Waals surface area contributed by atoms with Gasteiger partial charge >= 0.3 is 0 Å². The Kier molecular flexibility index (Phi) is 5.20. The molecule has 2 aliphatic carbocycles. The van der Waals surface area contributed by atoms with Gasteiger partial charge in [-0.25, -0.2) is 4.39 Å². The molecule has 1 heterocycles. The Labute approximate surface area is 176 Å². The van der Waals surface area contributed by atoms with Crippen molar-refractivity contribution in [3.8, 4) is 5.69 Å². The van der Waals surface area contributed by atoms with Crippen molar-refractivity contribution in [1.29, 1.82) is 0 Å². The van der Waals surface area contributed by atoms with Crippen LogP contribution in [0, 0.1) is 18.2 Å². The molecule has 30 heavy (non-hydrogen) atoms. The molecule has 5 nitrogen and oxygen atoms in total. The van der Waals surface area contributed by atoms with Crippen molar-refractivity contribution in [3.63, 3.8) is 0 Å². The van der Waals surface area contributed by atoms with E-state index in [1.165, 1.54) is 12.5 Å². The summed E-state index contributed by atoms with van der Waals surface area (Å²) in [5, 5.41) is 3.37. The number of nitrogens with one attached hydrogen (secondary N) is 1. The molecule has 0 spiro atoms. The number of aryl methyl sites for hydroxylation is 1. The van der Waals surface area contributed by atoms with Crippen molar-refractivity contribution in [3.05, 3.63) is 46.5 Å². The molecule has 0 unspecified atom stereocenters. The van der Waals surface area contributed by atoms with E-state index < -0.39 is 11.7 Å². The molecule has 3 N–H and O–H groups in total. The predicted octanol–water partition coefficient (Wildman–Crippen LogP) is 4.92. The Hall–Kier alpha value is -2.63. The molecule has 0 saturated heterocycles. The molecule has 4 rings (SSSR count). The molecule has 2 aromatic rings. The Morgan fingerprint density at radius 3 is 2.57 bits per heavy atom. The van der Waals surface area contributed by atoms with Crippen LogP contribution in [0.1, 0.15) is 84.3 Å². The van der Waals surface area contributed by atoms with Gasteiger partial charge in [-0.3, -0.25) is 9.59 Å². The number of fused-ring (bicyclic) bond motifs is 1. The van der Waals surface area contributed by atoms with Crippen LogP contribution in [0.4, 0.5) is 10.1 Å². The number of benzene rings is 1. The first-order valence-corrected chi connectivity index (χ1v) is 10.8. The van der Waals surface area contributed by atoms with E-state index in [1.54, 1.807) is 6.07 Å².